The molecule has 0 saturated heterocycles. The zero-order valence-corrected chi connectivity index (χ0v) is 11.0. The van der Waals surface area contributed by atoms with Crippen LogP contribution in [0.15, 0.2) is 36.9 Å². The van der Waals surface area contributed by atoms with Crippen LogP contribution >= 0.6 is 0 Å². The van der Waals surface area contributed by atoms with E-state index >= 15 is 0 Å². The van der Waals surface area contributed by atoms with Crippen LogP contribution in [0.3, 0.4) is 0 Å². The van der Waals surface area contributed by atoms with E-state index in [1.165, 1.54) is 6.33 Å². The average molecular weight is 256 g/mol. The quantitative estimate of drug-likeness (QED) is 0.874. The Morgan fingerprint density at radius 3 is 2.63 bits per heavy atom. The van der Waals surface area contributed by atoms with E-state index in [1.54, 1.807) is 25.5 Å². The molecule has 2 rings (SSSR count). The lowest BCUT2D eigenvalue weighted by Gasteiger charge is -2.10. The molecule has 1 aromatic carbocycles. The predicted octanol–water partition coefficient (Wildman–Crippen LogP) is 1.76. The van der Waals surface area contributed by atoms with E-state index in [0.717, 1.165) is 16.8 Å². The number of aryl methyl sites for hydroxylation is 1. The van der Waals surface area contributed by atoms with Gasteiger partial charge in [0, 0.05) is 42.8 Å². The Hall–Kier alpha value is -2.43. The maximum Gasteiger partial charge on any atom is 0.251 e. The molecule has 0 radical (unpaired) electrons. The first-order valence-corrected chi connectivity index (χ1v) is 6.01. The van der Waals surface area contributed by atoms with Crippen LogP contribution in [0.25, 0.3) is 0 Å². The van der Waals surface area contributed by atoms with Gasteiger partial charge in [-0.1, -0.05) is 0 Å². The SMILES string of the molecule is CNC(=O)c1ccc(NCc2cncnc2)c(C)c1. The Bertz CT molecular complexity index is 569. The highest BCUT2D eigenvalue weighted by molar-refractivity contribution is 5.94. The standard InChI is InChI=1S/C14H16N4O/c1-10-5-12(14(19)15-2)3-4-13(10)18-8-11-6-16-9-17-7-11/h3-7,9,18H,8H2,1-2H3,(H,15,19). The van der Waals surface area contributed by atoms with Gasteiger partial charge in [0.2, 0.25) is 0 Å². The average Bonchev–Trinajstić information content (AvgIpc) is 2.46. The largest absolute Gasteiger partial charge is 0.381 e. The van der Waals surface area contributed by atoms with Crippen molar-refractivity contribution >= 4 is 11.6 Å². The number of nitrogens with one attached hydrogen (secondary N) is 2. The summed E-state index contributed by atoms with van der Waals surface area (Å²) in [4.78, 5) is 19.4. The van der Waals surface area contributed by atoms with Crippen molar-refractivity contribution in [1.82, 2.24) is 15.3 Å². The molecule has 0 fully saturated rings. The molecule has 5 nitrogen and oxygen atoms in total. The minimum absolute atomic E-state index is 0.0777. The second-order valence-corrected chi connectivity index (χ2v) is 4.21. The smallest absolute Gasteiger partial charge is 0.251 e. The molecule has 0 unspecified atom stereocenters. The first-order chi connectivity index (χ1) is 9.20. The van der Waals surface area contributed by atoms with Gasteiger partial charge in [-0.15, -0.1) is 0 Å². The van der Waals surface area contributed by atoms with Gasteiger partial charge in [-0.2, -0.15) is 0 Å². The van der Waals surface area contributed by atoms with Gasteiger partial charge in [-0.3, -0.25) is 4.79 Å². The maximum atomic E-state index is 11.5. The van der Waals surface area contributed by atoms with Crippen molar-refractivity contribution in [3.8, 4) is 0 Å². The van der Waals surface area contributed by atoms with Gasteiger partial charge in [-0.25, -0.2) is 9.97 Å². The minimum atomic E-state index is -0.0777. The number of carbonyl (C=O) groups excluding carboxylic acids is 1. The highest BCUT2D eigenvalue weighted by atomic mass is 16.1. The predicted molar refractivity (Wildman–Crippen MR) is 73.9 cm³/mol. The Morgan fingerprint density at radius 1 is 1.26 bits per heavy atom. The Morgan fingerprint density at radius 2 is 2.00 bits per heavy atom. The van der Waals surface area contributed by atoms with Crippen molar-refractivity contribution in [2.75, 3.05) is 12.4 Å². The summed E-state index contributed by atoms with van der Waals surface area (Å²) in [6.45, 7) is 2.62. The summed E-state index contributed by atoms with van der Waals surface area (Å²) < 4.78 is 0. The van der Waals surface area contributed by atoms with Crippen LogP contribution in [-0.2, 0) is 6.54 Å². The first-order valence-electron chi connectivity index (χ1n) is 6.01. The fourth-order valence-corrected chi connectivity index (χ4v) is 1.77. The van der Waals surface area contributed by atoms with E-state index in [-0.39, 0.29) is 5.91 Å². The van der Waals surface area contributed by atoms with Gasteiger partial charge in [-0.05, 0) is 30.7 Å². The number of nitrogens with zero attached hydrogens (tertiary/aromatic N) is 2. The number of amides is 1. The number of benzene rings is 1. The van der Waals surface area contributed by atoms with E-state index in [0.29, 0.717) is 12.1 Å². The van der Waals surface area contributed by atoms with Crippen LogP contribution in [0.1, 0.15) is 21.5 Å². The summed E-state index contributed by atoms with van der Waals surface area (Å²) in [6.07, 6.45) is 5.05. The summed E-state index contributed by atoms with van der Waals surface area (Å²) in [6, 6.07) is 5.57. The van der Waals surface area contributed by atoms with Crippen LogP contribution in [0.4, 0.5) is 5.69 Å². The third-order valence-electron chi connectivity index (χ3n) is 2.81. The molecular formula is C14H16N4O. The van der Waals surface area contributed by atoms with Crippen LogP contribution in [-0.4, -0.2) is 22.9 Å². The van der Waals surface area contributed by atoms with E-state index in [9.17, 15) is 4.79 Å². The number of anilines is 1. The molecule has 98 valence electrons. The van der Waals surface area contributed by atoms with Crippen LogP contribution in [0.2, 0.25) is 0 Å². The topological polar surface area (TPSA) is 66.9 Å². The first kappa shape index (κ1) is 13.0. The molecule has 0 aliphatic rings. The Kier molecular flexibility index (Phi) is 4.07. The second kappa shape index (κ2) is 5.95. The van der Waals surface area contributed by atoms with Crippen LogP contribution in [0.5, 0.6) is 0 Å². The number of hydrogen-bond acceptors (Lipinski definition) is 4. The molecule has 19 heavy (non-hydrogen) atoms. The van der Waals surface area contributed by atoms with Crippen molar-refractivity contribution in [1.29, 1.82) is 0 Å². The summed E-state index contributed by atoms with van der Waals surface area (Å²) in [7, 11) is 1.62. The van der Waals surface area contributed by atoms with Gasteiger partial charge in [0.15, 0.2) is 0 Å². The third-order valence-corrected chi connectivity index (χ3v) is 2.81. The minimum Gasteiger partial charge on any atom is -0.381 e. The molecule has 2 N–H and O–H groups in total. The lowest BCUT2D eigenvalue weighted by Crippen LogP contribution is -2.17. The molecule has 1 amide bonds. The monoisotopic (exact) mass is 256 g/mol. The zero-order chi connectivity index (χ0) is 13.7. The van der Waals surface area contributed by atoms with Crippen LogP contribution in [0, 0.1) is 6.92 Å². The van der Waals surface area contributed by atoms with Gasteiger partial charge < -0.3 is 10.6 Å². The summed E-state index contributed by atoms with van der Waals surface area (Å²) in [5.41, 5.74) is 3.69. The van der Waals surface area contributed by atoms with Crippen molar-refractivity contribution < 1.29 is 4.79 Å². The van der Waals surface area contributed by atoms with E-state index in [2.05, 4.69) is 20.6 Å². The highest BCUT2D eigenvalue weighted by Gasteiger charge is 2.05. The second-order valence-electron chi connectivity index (χ2n) is 4.21. The van der Waals surface area contributed by atoms with Gasteiger partial charge in [0.25, 0.3) is 5.91 Å². The zero-order valence-electron chi connectivity index (χ0n) is 11.0. The van der Waals surface area contributed by atoms with Gasteiger partial charge in [0.1, 0.15) is 6.33 Å². The fraction of sp³-hybridized carbons (Fsp3) is 0.214. The molecule has 1 heterocycles. The Labute approximate surface area is 112 Å². The Balaban J connectivity index is 2.07. The molecule has 0 aliphatic heterocycles. The number of rotatable bonds is 4. The molecule has 0 atom stereocenters. The van der Waals surface area contributed by atoms with Crippen molar-refractivity contribution in [2.45, 2.75) is 13.5 Å². The van der Waals surface area contributed by atoms with E-state index < -0.39 is 0 Å². The molecule has 0 spiro atoms. The summed E-state index contributed by atoms with van der Waals surface area (Å²) in [5.74, 6) is -0.0777. The van der Waals surface area contributed by atoms with Crippen molar-refractivity contribution in [2.24, 2.45) is 0 Å². The molecule has 1 aromatic heterocycles. The number of carbonyl (C=O) groups is 1. The summed E-state index contributed by atoms with van der Waals surface area (Å²) in [5, 5.41) is 5.91. The maximum absolute atomic E-state index is 11.5. The third kappa shape index (κ3) is 3.28. The number of aromatic nitrogens is 2. The van der Waals surface area contributed by atoms with Crippen molar-refractivity contribution in [3.05, 3.63) is 53.6 Å². The molecule has 5 heteroatoms. The summed E-state index contributed by atoms with van der Waals surface area (Å²) >= 11 is 0. The van der Waals surface area contributed by atoms with E-state index in [1.807, 2.05) is 19.1 Å². The van der Waals surface area contributed by atoms with Gasteiger partial charge >= 0.3 is 0 Å². The van der Waals surface area contributed by atoms with Crippen LogP contribution < -0.4 is 10.6 Å². The van der Waals surface area contributed by atoms with Crippen molar-refractivity contribution in [3.63, 3.8) is 0 Å². The molecule has 0 bridgehead atoms. The van der Waals surface area contributed by atoms with E-state index in [4.69, 9.17) is 0 Å². The fourth-order valence-electron chi connectivity index (χ4n) is 1.77. The normalized spacial score (nSPS) is 10.0. The molecule has 0 aliphatic carbocycles. The molecular weight excluding hydrogens is 240 g/mol. The van der Waals surface area contributed by atoms with Gasteiger partial charge in [0.05, 0.1) is 0 Å². The lowest BCUT2D eigenvalue weighted by atomic mass is 10.1. The molecule has 2 aromatic rings. The lowest BCUT2D eigenvalue weighted by molar-refractivity contribution is 0.0963. The number of hydrogen-bond donors (Lipinski definition) is 2. The highest BCUT2D eigenvalue weighted by Crippen LogP contribution is 2.17. The molecule has 0 saturated carbocycles.